The van der Waals surface area contributed by atoms with Crippen LogP contribution < -0.4 is 0 Å². The molecule has 0 aliphatic heterocycles. The van der Waals surface area contributed by atoms with Crippen molar-refractivity contribution in [3.63, 3.8) is 0 Å². The molecule has 0 aromatic heterocycles. The lowest BCUT2D eigenvalue weighted by molar-refractivity contribution is -0.384. The Balaban J connectivity index is 2.63. The van der Waals surface area contributed by atoms with E-state index in [2.05, 4.69) is 0 Å². The van der Waals surface area contributed by atoms with Gasteiger partial charge in [0, 0.05) is 11.1 Å². The monoisotopic (exact) mass is 233 g/mol. The molecule has 0 unspecified atom stereocenters. The average molecular weight is 234 g/mol. The maximum Gasteiger partial charge on any atom is 0.277 e. The fourth-order valence-electron chi connectivity index (χ4n) is 1.52. The number of hydrogen-bond donors (Lipinski definition) is 0. The molecule has 3 nitrogen and oxygen atoms in total. The largest absolute Gasteiger partial charge is 0.277 e. The zero-order valence-electron chi connectivity index (χ0n) is 8.26. The van der Waals surface area contributed by atoms with Gasteiger partial charge in [-0.1, -0.05) is 41.9 Å². The molecular weight excluding hydrogens is 226 g/mol. The van der Waals surface area contributed by atoms with Gasteiger partial charge in [0.1, 0.15) is 0 Å². The lowest BCUT2D eigenvalue weighted by Gasteiger charge is -2.03. The van der Waals surface area contributed by atoms with Gasteiger partial charge in [0.05, 0.1) is 10.5 Å². The van der Waals surface area contributed by atoms with Crippen LogP contribution >= 0.6 is 11.6 Å². The number of halogens is 1. The molecule has 0 fully saturated rings. The minimum Gasteiger partial charge on any atom is -0.258 e. The van der Waals surface area contributed by atoms with Crippen LogP contribution in [0.25, 0.3) is 11.1 Å². The van der Waals surface area contributed by atoms with Crippen molar-refractivity contribution in [2.75, 3.05) is 0 Å². The minimum atomic E-state index is -0.404. The smallest absolute Gasteiger partial charge is 0.258 e. The van der Waals surface area contributed by atoms with Crippen molar-refractivity contribution >= 4 is 17.3 Å². The van der Waals surface area contributed by atoms with E-state index in [1.54, 1.807) is 6.07 Å². The first-order valence-electron chi connectivity index (χ1n) is 4.68. The summed E-state index contributed by atoms with van der Waals surface area (Å²) in [6.45, 7) is 0. The zero-order chi connectivity index (χ0) is 11.5. The molecule has 2 rings (SSSR count). The van der Waals surface area contributed by atoms with Crippen molar-refractivity contribution in [2.24, 2.45) is 0 Å². The van der Waals surface area contributed by atoms with E-state index in [1.165, 1.54) is 12.1 Å². The van der Waals surface area contributed by atoms with E-state index in [0.717, 1.165) is 5.56 Å². The lowest BCUT2D eigenvalue weighted by atomic mass is 10.0. The Bertz CT molecular complexity index is 526. The van der Waals surface area contributed by atoms with Crippen molar-refractivity contribution in [1.82, 2.24) is 0 Å². The van der Waals surface area contributed by atoms with Gasteiger partial charge in [0.2, 0.25) is 0 Å². The van der Waals surface area contributed by atoms with Crippen molar-refractivity contribution in [2.45, 2.75) is 0 Å². The summed E-state index contributed by atoms with van der Waals surface area (Å²) in [6.07, 6.45) is 0. The van der Waals surface area contributed by atoms with Gasteiger partial charge in [0.25, 0.3) is 5.69 Å². The van der Waals surface area contributed by atoms with Crippen molar-refractivity contribution in [1.29, 1.82) is 0 Å². The predicted octanol–water partition coefficient (Wildman–Crippen LogP) is 3.92. The quantitative estimate of drug-likeness (QED) is 0.583. The molecule has 0 aliphatic carbocycles. The molecule has 2 aromatic rings. The maximum atomic E-state index is 10.9. The standard InChI is InChI=1S/C12H8ClNO2/c13-10-6-7-12(14(15)16)11(8-10)9-4-2-1-3-5-9/h1-8H. The second-order valence-electron chi connectivity index (χ2n) is 3.28. The Hall–Kier alpha value is -1.87. The second kappa shape index (κ2) is 4.33. The van der Waals surface area contributed by atoms with Crippen LogP contribution in [0.1, 0.15) is 0 Å². The average Bonchev–Trinajstić information content (AvgIpc) is 2.29. The van der Waals surface area contributed by atoms with Crippen LogP contribution in [-0.4, -0.2) is 4.92 Å². The van der Waals surface area contributed by atoms with Gasteiger partial charge < -0.3 is 0 Å². The molecule has 0 amide bonds. The van der Waals surface area contributed by atoms with Gasteiger partial charge in [-0.2, -0.15) is 0 Å². The topological polar surface area (TPSA) is 43.1 Å². The Morgan fingerprint density at radius 2 is 1.75 bits per heavy atom. The zero-order valence-corrected chi connectivity index (χ0v) is 9.02. The van der Waals surface area contributed by atoms with Gasteiger partial charge in [-0.25, -0.2) is 0 Å². The number of nitro benzene ring substituents is 1. The molecule has 0 N–H and O–H groups in total. The summed E-state index contributed by atoms with van der Waals surface area (Å²) in [4.78, 5) is 10.5. The van der Waals surface area contributed by atoms with E-state index < -0.39 is 4.92 Å². The highest BCUT2D eigenvalue weighted by Crippen LogP contribution is 2.31. The summed E-state index contributed by atoms with van der Waals surface area (Å²) in [6, 6.07) is 13.7. The molecule has 0 bridgehead atoms. The summed E-state index contributed by atoms with van der Waals surface area (Å²) in [7, 11) is 0. The van der Waals surface area contributed by atoms with Gasteiger partial charge in [-0.05, 0) is 17.7 Å². The molecule has 16 heavy (non-hydrogen) atoms. The molecule has 2 aromatic carbocycles. The fourth-order valence-corrected chi connectivity index (χ4v) is 1.69. The first-order valence-corrected chi connectivity index (χ1v) is 5.05. The van der Waals surface area contributed by atoms with Gasteiger partial charge in [0.15, 0.2) is 0 Å². The summed E-state index contributed by atoms with van der Waals surface area (Å²) < 4.78 is 0. The van der Waals surface area contributed by atoms with Crippen LogP contribution in [0.4, 0.5) is 5.69 Å². The van der Waals surface area contributed by atoms with Crippen LogP contribution in [0, 0.1) is 10.1 Å². The summed E-state index contributed by atoms with van der Waals surface area (Å²) in [5.74, 6) is 0. The molecule has 0 atom stereocenters. The highest BCUT2D eigenvalue weighted by atomic mass is 35.5. The number of nitro groups is 1. The third kappa shape index (κ3) is 2.04. The van der Waals surface area contributed by atoms with Crippen LogP contribution in [0.15, 0.2) is 48.5 Å². The number of benzene rings is 2. The summed E-state index contributed by atoms with van der Waals surface area (Å²) in [5, 5.41) is 11.4. The third-order valence-electron chi connectivity index (χ3n) is 2.24. The summed E-state index contributed by atoms with van der Waals surface area (Å²) >= 11 is 5.85. The minimum absolute atomic E-state index is 0.0654. The van der Waals surface area contributed by atoms with E-state index in [1.807, 2.05) is 30.3 Å². The second-order valence-corrected chi connectivity index (χ2v) is 3.72. The molecule has 0 spiro atoms. The van der Waals surface area contributed by atoms with Crippen molar-refractivity contribution in [3.8, 4) is 11.1 Å². The molecule has 0 radical (unpaired) electrons. The molecule has 0 aliphatic rings. The van der Waals surface area contributed by atoms with Crippen LogP contribution in [0.5, 0.6) is 0 Å². The van der Waals surface area contributed by atoms with Gasteiger partial charge in [-0.15, -0.1) is 0 Å². The highest BCUT2D eigenvalue weighted by molar-refractivity contribution is 6.31. The van der Waals surface area contributed by atoms with Crippen LogP contribution in [0.2, 0.25) is 5.02 Å². The Labute approximate surface area is 97.4 Å². The van der Waals surface area contributed by atoms with E-state index in [-0.39, 0.29) is 5.69 Å². The Morgan fingerprint density at radius 3 is 2.38 bits per heavy atom. The molecule has 0 saturated heterocycles. The fraction of sp³-hybridized carbons (Fsp3) is 0. The van der Waals surface area contributed by atoms with Crippen molar-refractivity contribution in [3.05, 3.63) is 63.7 Å². The first-order chi connectivity index (χ1) is 7.68. The van der Waals surface area contributed by atoms with Crippen LogP contribution in [0.3, 0.4) is 0 Å². The third-order valence-corrected chi connectivity index (χ3v) is 2.48. The van der Waals surface area contributed by atoms with Gasteiger partial charge >= 0.3 is 0 Å². The van der Waals surface area contributed by atoms with Gasteiger partial charge in [-0.3, -0.25) is 10.1 Å². The number of rotatable bonds is 2. The molecule has 0 heterocycles. The van der Waals surface area contributed by atoms with E-state index in [4.69, 9.17) is 11.6 Å². The molecule has 80 valence electrons. The highest BCUT2D eigenvalue weighted by Gasteiger charge is 2.14. The Kier molecular flexibility index (Phi) is 2.88. The first kappa shape index (κ1) is 10.6. The lowest BCUT2D eigenvalue weighted by Crippen LogP contribution is -1.91. The Morgan fingerprint density at radius 1 is 1.06 bits per heavy atom. The van der Waals surface area contributed by atoms with Crippen molar-refractivity contribution < 1.29 is 4.92 Å². The molecule has 0 saturated carbocycles. The van der Waals surface area contributed by atoms with E-state index in [0.29, 0.717) is 10.6 Å². The molecule has 4 heteroatoms. The molecular formula is C12H8ClNO2. The SMILES string of the molecule is O=[N+]([O-])c1ccc(Cl)cc1-c1ccccc1. The van der Waals surface area contributed by atoms with E-state index >= 15 is 0 Å². The number of hydrogen-bond acceptors (Lipinski definition) is 2. The van der Waals surface area contributed by atoms with Crippen LogP contribution in [-0.2, 0) is 0 Å². The summed E-state index contributed by atoms with van der Waals surface area (Å²) in [5.41, 5.74) is 1.39. The van der Waals surface area contributed by atoms with E-state index in [9.17, 15) is 10.1 Å². The number of nitrogens with zero attached hydrogens (tertiary/aromatic N) is 1. The predicted molar refractivity (Wildman–Crippen MR) is 63.5 cm³/mol. The normalized spacial score (nSPS) is 10.1. The maximum absolute atomic E-state index is 10.9.